The van der Waals surface area contributed by atoms with E-state index in [1.54, 1.807) is 37.5 Å². The van der Waals surface area contributed by atoms with Crippen LogP contribution in [-0.4, -0.2) is 28.0 Å². The van der Waals surface area contributed by atoms with Crippen molar-refractivity contribution in [2.75, 3.05) is 11.9 Å². The van der Waals surface area contributed by atoms with E-state index >= 15 is 0 Å². The number of rotatable bonds is 4. The lowest BCUT2D eigenvalue weighted by Crippen LogP contribution is -2.29. The molecule has 1 aromatic carbocycles. The van der Waals surface area contributed by atoms with Crippen LogP contribution < -0.4 is 5.32 Å². The fraction of sp³-hybridized carbons (Fsp3) is 0.353. The molecule has 1 aliphatic rings. The molecule has 1 unspecified atom stereocenters. The zero-order chi connectivity index (χ0) is 16.2. The van der Waals surface area contributed by atoms with Gasteiger partial charge in [0.15, 0.2) is 0 Å². The zero-order valence-electron chi connectivity index (χ0n) is 13.0. The number of imidazole rings is 1. The van der Waals surface area contributed by atoms with Gasteiger partial charge in [0.1, 0.15) is 0 Å². The molecule has 23 heavy (non-hydrogen) atoms. The summed E-state index contributed by atoms with van der Waals surface area (Å²) in [6.45, 7) is 2.92. The normalized spacial score (nSPS) is 16.5. The Kier molecular flexibility index (Phi) is 4.41. The third-order valence-electron chi connectivity index (χ3n) is 4.01. The summed E-state index contributed by atoms with van der Waals surface area (Å²) in [7, 11) is 0. The summed E-state index contributed by atoms with van der Waals surface area (Å²) in [5.74, 6) is -0.406. The molecule has 1 aromatic heterocycles. The number of hydrogen-bond donors (Lipinski definition) is 1. The highest BCUT2D eigenvalue weighted by molar-refractivity contribution is 5.94. The lowest BCUT2D eigenvalue weighted by molar-refractivity contribution is -0.120. The molecule has 6 heteroatoms. The Morgan fingerprint density at radius 2 is 2.13 bits per heavy atom. The van der Waals surface area contributed by atoms with Gasteiger partial charge in [-0.1, -0.05) is 0 Å². The number of esters is 1. The molecule has 2 heterocycles. The second-order valence-corrected chi connectivity index (χ2v) is 5.56. The molecule has 0 saturated carbocycles. The first-order valence-electron chi connectivity index (χ1n) is 7.74. The second-order valence-electron chi connectivity index (χ2n) is 5.56. The minimum atomic E-state index is -0.356. The highest BCUT2D eigenvalue weighted by Gasteiger charge is 2.24. The average molecular weight is 313 g/mol. The van der Waals surface area contributed by atoms with Gasteiger partial charge in [-0.25, -0.2) is 9.78 Å². The first-order chi connectivity index (χ1) is 11.2. The van der Waals surface area contributed by atoms with Crippen molar-refractivity contribution in [1.82, 2.24) is 9.55 Å². The van der Waals surface area contributed by atoms with E-state index in [2.05, 4.69) is 14.9 Å². The monoisotopic (exact) mass is 313 g/mol. The molecule has 6 nitrogen and oxygen atoms in total. The molecule has 120 valence electrons. The summed E-state index contributed by atoms with van der Waals surface area (Å²) in [6.07, 6.45) is 5.12. The molecule has 1 amide bonds. The average Bonchev–Trinajstić information content (AvgIpc) is 3.03. The molecule has 0 saturated heterocycles. The highest BCUT2D eigenvalue weighted by Crippen LogP contribution is 2.21. The third-order valence-corrected chi connectivity index (χ3v) is 4.01. The summed E-state index contributed by atoms with van der Waals surface area (Å²) in [5.41, 5.74) is 2.25. The Morgan fingerprint density at radius 1 is 1.35 bits per heavy atom. The van der Waals surface area contributed by atoms with Crippen LogP contribution in [0, 0.1) is 5.92 Å². The van der Waals surface area contributed by atoms with Crippen molar-refractivity contribution in [2.24, 2.45) is 5.92 Å². The maximum atomic E-state index is 12.4. The summed E-state index contributed by atoms with van der Waals surface area (Å²) in [5, 5.41) is 2.91. The summed E-state index contributed by atoms with van der Waals surface area (Å²) in [6, 6.07) is 6.75. The van der Waals surface area contributed by atoms with E-state index in [-0.39, 0.29) is 17.8 Å². The molecular formula is C17H19N3O3. The lowest BCUT2D eigenvalue weighted by Gasteiger charge is -2.23. The standard InChI is InChI=1S/C17H19N3O3/c1-2-23-17(22)12-3-5-14(6-4-12)19-16(21)13-7-8-20-11-18-10-15(20)9-13/h3-6,10-11,13H,2,7-9H2,1H3,(H,19,21). The van der Waals surface area contributed by atoms with E-state index in [0.29, 0.717) is 24.3 Å². The van der Waals surface area contributed by atoms with Gasteiger partial charge in [0, 0.05) is 36.5 Å². The SMILES string of the molecule is CCOC(=O)c1ccc(NC(=O)C2CCn3cncc3C2)cc1. The first kappa shape index (κ1) is 15.3. The largest absolute Gasteiger partial charge is 0.462 e. The fourth-order valence-corrected chi connectivity index (χ4v) is 2.74. The molecule has 0 fully saturated rings. The van der Waals surface area contributed by atoms with Crippen LogP contribution in [0.5, 0.6) is 0 Å². The minimum absolute atomic E-state index is 0.00124. The van der Waals surface area contributed by atoms with E-state index in [0.717, 1.165) is 18.7 Å². The predicted molar refractivity (Wildman–Crippen MR) is 85.1 cm³/mol. The maximum absolute atomic E-state index is 12.4. The Balaban J connectivity index is 1.61. The van der Waals surface area contributed by atoms with Gasteiger partial charge in [0.25, 0.3) is 0 Å². The molecule has 0 aliphatic carbocycles. The van der Waals surface area contributed by atoms with E-state index < -0.39 is 0 Å². The Bertz CT molecular complexity index is 706. The van der Waals surface area contributed by atoms with Crippen molar-refractivity contribution >= 4 is 17.6 Å². The second kappa shape index (κ2) is 6.64. The van der Waals surface area contributed by atoms with Crippen LogP contribution in [0.1, 0.15) is 29.4 Å². The number of fused-ring (bicyclic) bond motifs is 1. The molecular weight excluding hydrogens is 294 g/mol. The van der Waals surface area contributed by atoms with Crippen LogP contribution in [-0.2, 0) is 22.5 Å². The highest BCUT2D eigenvalue weighted by atomic mass is 16.5. The topological polar surface area (TPSA) is 73.2 Å². The van der Waals surface area contributed by atoms with Gasteiger partial charge in [0.05, 0.1) is 18.5 Å². The molecule has 1 atom stereocenters. The van der Waals surface area contributed by atoms with Crippen molar-refractivity contribution in [1.29, 1.82) is 0 Å². The van der Waals surface area contributed by atoms with Gasteiger partial charge in [-0.2, -0.15) is 0 Å². The van der Waals surface area contributed by atoms with Crippen LogP contribution in [0.2, 0.25) is 0 Å². The predicted octanol–water partition coefficient (Wildman–Crippen LogP) is 2.26. The van der Waals surface area contributed by atoms with Crippen molar-refractivity contribution in [3.63, 3.8) is 0 Å². The third kappa shape index (κ3) is 3.41. The van der Waals surface area contributed by atoms with Gasteiger partial charge >= 0.3 is 5.97 Å². The van der Waals surface area contributed by atoms with Crippen LogP contribution in [0.4, 0.5) is 5.69 Å². The quantitative estimate of drug-likeness (QED) is 0.879. The summed E-state index contributed by atoms with van der Waals surface area (Å²) < 4.78 is 7.02. The first-order valence-corrected chi connectivity index (χ1v) is 7.74. The molecule has 1 N–H and O–H groups in total. The number of amides is 1. The van der Waals surface area contributed by atoms with Gasteiger partial charge in [0.2, 0.25) is 5.91 Å². The zero-order valence-corrected chi connectivity index (χ0v) is 13.0. The summed E-state index contributed by atoms with van der Waals surface area (Å²) in [4.78, 5) is 28.1. The number of carbonyl (C=O) groups excluding carboxylic acids is 2. The number of nitrogens with one attached hydrogen (secondary N) is 1. The molecule has 0 bridgehead atoms. The minimum Gasteiger partial charge on any atom is -0.462 e. The smallest absolute Gasteiger partial charge is 0.338 e. The Morgan fingerprint density at radius 3 is 2.87 bits per heavy atom. The van der Waals surface area contributed by atoms with E-state index in [9.17, 15) is 9.59 Å². The Labute approximate surface area is 134 Å². The van der Waals surface area contributed by atoms with Gasteiger partial charge in [-0.3, -0.25) is 4.79 Å². The van der Waals surface area contributed by atoms with Crippen LogP contribution in [0.25, 0.3) is 0 Å². The fourth-order valence-electron chi connectivity index (χ4n) is 2.74. The van der Waals surface area contributed by atoms with Gasteiger partial charge in [-0.15, -0.1) is 0 Å². The number of aryl methyl sites for hydroxylation is 1. The summed E-state index contributed by atoms with van der Waals surface area (Å²) >= 11 is 0. The number of benzene rings is 1. The number of ether oxygens (including phenoxy) is 1. The molecule has 1 aliphatic heterocycles. The molecule has 3 rings (SSSR count). The van der Waals surface area contributed by atoms with Crippen molar-refractivity contribution in [2.45, 2.75) is 26.3 Å². The van der Waals surface area contributed by atoms with Gasteiger partial charge < -0.3 is 14.6 Å². The van der Waals surface area contributed by atoms with Crippen molar-refractivity contribution in [3.05, 3.63) is 48.0 Å². The Hall–Kier alpha value is -2.63. The molecule has 0 radical (unpaired) electrons. The van der Waals surface area contributed by atoms with Gasteiger partial charge in [-0.05, 0) is 37.6 Å². The van der Waals surface area contributed by atoms with Crippen LogP contribution in [0.3, 0.4) is 0 Å². The van der Waals surface area contributed by atoms with Crippen molar-refractivity contribution in [3.8, 4) is 0 Å². The van der Waals surface area contributed by atoms with E-state index in [4.69, 9.17) is 4.74 Å². The molecule has 2 aromatic rings. The van der Waals surface area contributed by atoms with E-state index in [1.807, 2.05) is 6.20 Å². The van der Waals surface area contributed by atoms with Crippen LogP contribution in [0.15, 0.2) is 36.8 Å². The van der Waals surface area contributed by atoms with Crippen molar-refractivity contribution < 1.29 is 14.3 Å². The number of anilines is 1. The number of hydrogen-bond acceptors (Lipinski definition) is 4. The number of aromatic nitrogens is 2. The van der Waals surface area contributed by atoms with Crippen LogP contribution >= 0.6 is 0 Å². The number of nitrogens with zero attached hydrogens (tertiary/aromatic N) is 2. The molecule has 0 spiro atoms. The van der Waals surface area contributed by atoms with E-state index in [1.165, 1.54) is 0 Å². The number of carbonyl (C=O) groups is 2. The maximum Gasteiger partial charge on any atom is 0.338 e. The lowest BCUT2D eigenvalue weighted by atomic mass is 9.95.